The molecule has 0 aliphatic heterocycles. The molecular weight excluding hydrogens is 262 g/mol. The lowest BCUT2D eigenvalue weighted by atomic mass is 10.3. The number of rotatable bonds is 4. The number of hydrogen-bond acceptors (Lipinski definition) is 6. The van der Waals surface area contributed by atoms with Gasteiger partial charge in [-0.15, -0.1) is 0 Å². The largest absolute Gasteiger partial charge is 0.466 e. The normalized spacial score (nSPS) is 14.6. The van der Waals surface area contributed by atoms with E-state index in [0.29, 0.717) is 11.5 Å². The second kappa shape index (κ2) is 5.41. The maximum absolute atomic E-state index is 11.8. The average molecular weight is 274 g/mol. The van der Waals surface area contributed by atoms with Crippen LogP contribution < -0.4 is 0 Å². The summed E-state index contributed by atoms with van der Waals surface area (Å²) in [6, 6.07) is 3.96. The summed E-state index contributed by atoms with van der Waals surface area (Å²) >= 11 is 0. The molecule has 1 aromatic rings. The Morgan fingerprint density at radius 1 is 1.44 bits per heavy atom. The second-order valence-corrected chi connectivity index (χ2v) is 4.85. The standard InChI is InChI=1S/C10H9NO6S/c1-17-10(12)6-7-18(15,16)9-4-2-8(3-5-9)11(13)14/h2-7H,1H3/b7-6+/i1D3. The van der Waals surface area contributed by atoms with Crippen molar-refractivity contribution in [2.24, 2.45) is 0 Å². The van der Waals surface area contributed by atoms with Crippen molar-refractivity contribution in [1.29, 1.82) is 0 Å². The number of ether oxygens (including phenoxy) is 1. The predicted octanol–water partition coefficient (Wildman–Crippen LogP) is 1.06. The Bertz CT molecular complexity index is 678. The van der Waals surface area contributed by atoms with Gasteiger partial charge in [0.2, 0.25) is 0 Å². The van der Waals surface area contributed by atoms with E-state index in [4.69, 9.17) is 4.11 Å². The fourth-order valence-electron chi connectivity index (χ4n) is 1.02. The Balaban J connectivity index is 2.91. The Kier molecular flexibility index (Phi) is 2.94. The van der Waals surface area contributed by atoms with E-state index in [1.807, 2.05) is 0 Å². The molecule has 0 atom stereocenters. The zero-order valence-electron chi connectivity index (χ0n) is 11.8. The van der Waals surface area contributed by atoms with Gasteiger partial charge in [-0.25, -0.2) is 13.2 Å². The summed E-state index contributed by atoms with van der Waals surface area (Å²) in [6.45, 7) is 0. The minimum Gasteiger partial charge on any atom is -0.466 e. The fraction of sp³-hybridized carbons (Fsp3) is 0.100. The van der Waals surface area contributed by atoms with Gasteiger partial charge in [0.1, 0.15) is 0 Å². The maximum atomic E-state index is 11.8. The van der Waals surface area contributed by atoms with Crippen LogP contribution in [0.1, 0.15) is 4.11 Å². The first kappa shape index (κ1) is 9.77. The molecule has 18 heavy (non-hydrogen) atoms. The van der Waals surface area contributed by atoms with Crippen LogP contribution in [-0.4, -0.2) is 26.3 Å². The molecule has 0 aliphatic rings. The molecule has 0 radical (unpaired) electrons. The van der Waals surface area contributed by atoms with Crippen LogP contribution in [0.3, 0.4) is 0 Å². The van der Waals surface area contributed by atoms with Gasteiger partial charge in [0.25, 0.3) is 5.69 Å². The molecule has 0 saturated heterocycles. The van der Waals surface area contributed by atoms with Crippen molar-refractivity contribution in [3.63, 3.8) is 0 Å². The van der Waals surface area contributed by atoms with Gasteiger partial charge < -0.3 is 4.74 Å². The lowest BCUT2D eigenvalue weighted by Crippen LogP contribution is -2.00. The smallest absolute Gasteiger partial charge is 0.331 e. The van der Waals surface area contributed by atoms with E-state index in [0.717, 1.165) is 24.3 Å². The van der Waals surface area contributed by atoms with E-state index < -0.39 is 27.8 Å². The van der Waals surface area contributed by atoms with Crippen molar-refractivity contribution < 1.29 is 27.0 Å². The van der Waals surface area contributed by atoms with E-state index in [1.165, 1.54) is 0 Å². The summed E-state index contributed by atoms with van der Waals surface area (Å²) in [5.41, 5.74) is -0.292. The van der Waals surface area contributed by atoms with Gasteiger partial charge in [0.15, 0.2) is 9.84 Å². The number of nitro groups is 1. The van der Waals surface area contributed by atoms with Gasteiger partial charge in [-0.3, -0.25) is 10.1 Å². The molecule has 0 spiro atoms. The van der Waals surface area contributed by atoms with E-state index in [-0.39, 0.29) is 10.6 Å². The average Bonchev–Trinajstić information content (AvgIpc) is 2.34. The first-order valence-electron chi connectivity index (χ1n) is 5.92. The second-order valence-electron chi connectivity index (χ2n) is 3.02. The minimum absolute atomic E-state index is 0.286. The number of esters is 1. The SMILES string of the molecule is [2H]C([2H])([2H])OC(=O)/C=C/S(=O)(=O)c1ccc([N+](=O)[O-])cc1. The summed E-state index contributed by atoms with van der Waals surface area (Å²) in [6.07, 6.45) is 0.448. The highest BCUT2D eigenvalue weighted by atomic mass is 32.2. The highest BCUT2D eigenvalue weighted by Crippen LogP contribution is 2.17. The molecule has 1 rings (SSSR count). The fourth-order valence-corrected chi connectivity index (χ4v) is 1.98. The van der Waals surface area contributed by atoms with Crippen LogP contribution in [0.25, 0.3) is 0 Å². The quantitative estimate of drug-likeness (QED) is 0.352. The lowest BCUT2D eigenvalue weighted by Gasteiger charge is -1.98. The van der Waals surface area contributed by atoms with Crippen molar-refractivity contribution in [3.05, 3.63) is 45.9 Å². The first-order valence-corrected chi connectivity index (χ1v) is 5.96. The molecule has 0 amide bonds. The summed E-state index contributed by atoms with van der Waals surface area (Å²) in [7, 11) is -7.01. The number of nitro benzene ring substituents is 1. The van der Waals surface area contributed by atoms with Gasteiger partial charge in [-0.05, 0) is 12.1 Å². The van der Waals surface area contributed by atoms with Crippen LogP contribution in [-0.2, 0) is 19.4 Å². The first-order chi connectivity index (χ1) is 9.51. The third-order valence-corrected chi connectivity index (χ3v) is 3.28. The van der Waals surface area contributed by atoms with Crippen LogP contribution in [0, 0.1) is 10.1 Å². The van der Waals surface area contributed by atoms with Crippen molar-refractivity contribution >= 4 is 21.5 Å². The van der Waals surface area contributed by atoms with Gasteiger partial charge in [-0.2, -0.15) is 0 Å². The zero-order valence-corrected chi connectivity index (χ0v) is 9.59. The number of nitrogens with zero attached hydrogens (tertiary/aromatic N) is 1. The van der Waals surface area contributed by atoms with Gasteiger partial charge in [0.05, 0.1) is 21.0 Å². The van der Waals surface area contributed by atoms with Crippen molar-refractivity contribution in [3.8, 4) is 0 Å². The Morgan fingerprint density at radius 2 is 2.06 bits per heavy atom. The minimum atomic E-state index is -4.04. The molecule has 0 bridgehead atoms. The van der Waals surface area contributed by atoms with Crippen molar-refractivity contribution in [2.45, 2.75) is 4.90 Å². The summed E-state index contributed by atoms with van der Waals surface area (Å²) in [5.74, 6) is -1.35. The Hall–Kier alpha value is -2.22. The number of non-ortho nitro benzene ring substituents is 1. The number of benzene rings is 1. The molecule has 7 nitrogen and oxygen atoms in total. The van der Waals surface area contributed by atoms with Crippen LogP contribution in [0.2, 0.25) is 0 Å². The topological polar surface area (TPSA) is 104 Å². The van der Waals surface area contributed by atoms with Gasteiger partial charge >= 0.3 is 5.97 Å². The van der Waals surface area contributed by atoms with E-state index >= 15 is 0 Å². The van der Waals surface area contributed by atoms with Crippen molar-refractivity contribution in [2.75, 3.05) is 7.04 Å². The Labute approximate surface area is 107 Å². The molecule has 0 saturated carbocycles. The zero-order chi connectivity index (χ0) is 16.3. The van der Waals surface area contributed by atoms with Crippen LogP contribution in [0.5, 0.6) is 0 Å². The number of sulfone groups is 1. The molecule has 0 aromatic heterocycles. The summed E-state index contributed by atoms with van der Waals surface area (Å²) < 4.78 is 47.5. The highest BCUT2D eigenvalue weighted by molar-refractivity contribution is 7.94. The monoisotopic (exact) mass is 274 g/mol. The molecule has 8 heteroatoms. The van der Waals surface area contributed by atoms with Crippen LogP contribution >= 0.6 is 0 Å². The van der Waals surface area contributed by atoms with E-state index in [1.54, 1.807) is 0 Å². The number of hydrogen-bond donors (Lipinski definition) is 0. The molecule has 0 unspecified atom stereocenters. The van der Waals surface area contributed by atoms with E-state index in [2.05, 4.69) is 4.74 Å². The molecule has 1 aromatic carbocycles. The van der Waals surface area contributed by atoms with Crippen LogP contribution in [0.4, 0.5) is 5.69 Å². The lowest BCUT2D eigenvalue weighted by molar-refractivity contribution is -0.384. The van der Waals surface area contributed by atoms with Gasteiger partial charge in [-0.1, -0.05) is 0 Å². The van der Waals surface area contributed by atoms with Crippen LogP contribution in [0.15, 0.2) is 40.6 Å². The van der Waals surface area contributed by atoms with Gasteiger partial charge in [0, 0.05) is 23.6 Å². The Morgan fingerprint density at radius 3 is 2.56 bits per heavy atom. The molecule has 0 fully saturated rings. The van der Waals surface area contributed by atoms with Crippen molar-refractivity contribution in [1.82, 2.24) is 0 Å². The number of carbonyl (C=O) groups excluding carboxylic acids is 1. The summed E-state index contributed by atoms with van der Waals surface area (Å²) in [4.78, 5) is 20.5. The molecule has 0 heterocycles. The maximum Gasteiger partial charge on any atom is 0.331 e. The number of methoxy groups -OCH3 is 1. The number of carbonyl (C=O) groups is 1. The molecule has 96 valence electrons. The predicted molar refractivity (Wildman–Crippen MR) is 61.4 cm³/mol. The third kappa shape index (κ3) is 3.39. The molecule has 0 aliphatic carbocycles. The van der Waals surface area contributed by atoms with E-state index in [9.17, 15) is 23.3 Å². The molecule has 0 N–H and O–H groups in total. The highest BCUT2D eigenvalue weighted by Gasteiger charge is 2.13. The third-order valence-electron chi connectivity index (χ3n) is 1.86. The summed E-state index contributed by atoms with van der Waals surface area (Å²) in [5, 5.41) is 10.9. The molecular formula is C10H9NO6S.